The molecule has 0 atom stereocenters. The lowest BCUT2D eigenvalue weighted by Gasteiger charge is -2.31. The summed E-state index contributed by atoms with van der Waals surface area (Å²) in [6.07, 6.45) is 8.86. The lowest BCUT2D eigenvalue weighted by molar-refractivity contribution is 0.458. The van der Waals surface area contributed by atoms with Crippen molar-refractivity contribution in [3.05, 3.63) is 35.6 Å². The summed E-state index contributed by atoms with van der Waals surface area (Å²) in [6, 6.07) is 7.05. The van der Waals surface area contributed by atoms with Crippen LogP contribution in [0.15, 0.2) is 24.3 Å². The van der Waals surface area contributed by atoms with E-state index in [2.05, 4.69) is 38.8 Å². The quantitative estimate of drug-likeness (QED) is 0.302. The average molecular weight is 408 g/mol. The fourth-order valence-corrected chi connectivity index (χ4v) is 4.67. The van der Waals surface area contributed by atoms with Crippen molar-refractivity contribution in [3.63, 3.8) is 0 Å². The third-order valence-corrected chi connectivity index (χ3v) is 6.10. The summed E-state index contributed by atoms with van der Waals surface area (Å²) in [5.41, 5.74) is 1.10. The molecule has 0 N–H and O–H groups in total. The van der Waals surface area contributed by atoms with Crippen molar-refractivity contribution in [1.82, 2.24) is 0 Å². The molecule has 1 aromatic rings. The van der Waals surface area contributed by atoms with E-state index in [0.29, 0.717) is 0 Å². The highest BCUT2D eigenvalue weighted by Gasteiger charge is 2.29. The van der Waals surface area contributed by atoms with Gasteiger partial charge < -0.3 is 0 Å². The molecule has 0 aliphatic heterocycles. The second kappa shape index (κ2) is 9.94. The second-order valence-corrected chi connectivity index (χ2v) is 6.70. The van der Waals surface area contributed by atoms with E-state index < -0.39 is 0 Å². The molecule has 20 heavy (non-hydrogen) atoms. The summed E-state index contributed by atoms with van der Waals surface area (Å²) in [6.45, 7) is 2.24. The molecule has 0 aliphatic carbocycles. The Balaban J connectivity index is 2.58. The van der Waals surface area contributed by atoms with Crippen molar-refractivity contribution in [1.29, 1.82) is 0 Å². The Hall–Kier alpha value is 0.110. The Morgan fingerprint density at radius 3 is 2.25 bits per heavy atom. The first-order chi connectivity index (χ1) is 9.68. The van der Waals surface area contributed by atoms with Gasteiger partial charge in [-0.05, 0) is 24.1 Å². The molecule has 3 heteroatoms. The van der Waals surface area contributed by atoms with Gasteiger partial charge in [-0.2, -0.15) is 0 Å². The van der Waals surface area contributed by atoms with E-state index in [-0.39, 0.29) is 11.2 Å². The van der Waals surface area contributed by atoms with Crippen LogP contribution in [0.25, 0.3) is 0 Å². The van der Waals surface area contributed by atoms with Crippen LogP contribution >= 0.6 is 31.9 Å². The van der Waals surface area contributed by atoms with E-state index in [1.54, 1.807) is 6.07 Å². The molecule has 0 bridgehead atoms. The highest BCUT2D eigenvalue weighted by atomic mass is 79.9. The van der Waals surface area contributed by atoms with Gasteiger partial charge in [-0.15, -0.1) is 0 Å². The molecule has 0 unspecified atom stereocenters. The summed E-state index contributed by atoms with van der Waals surface area (Å²) < 4.78 is 13.5. The topological polar surface area (TPSA) is 0 Å². The molecule has 1 rings (SSSR count). The Kier molecular flexibility index (Phi) is 9.03. The number of alkyl halides is 2. The average Bonchev–Trinajstić information content (AvgIpc) is 2.47. The molecule has 0 aliphatic rings. The molecule has 1 aromatic carbocycles. The van der Waals surface area contributed by atoms with Gasteiger partial charge in [-0.25, -0.2) is 4.39 Å². The van der Waals surface area contributed by atoms with Crippen LogP contribution in [0.2, 0.25) is 0 Å². The van der Waals surface area contributed by atoms with E-state index in [9.17, 15) is 4.39 Å². The van der Waals surface area contributed by atoms with Crippen LogP contribution in [-0.4, -0.2) is 10.7 Å². The van der Waals surface area contributed by atoms with Gasteiger partial charge in [0.25, 0.3) is 0 Å². The zero-order chi connectivity index (χ0) is 14.8. The standard InChI is InChI=1S/C17H25Br2F/c1-2-3-4-5-6-7-11-17(13-18,14-19)15-9-8-10-16(20)12-15/h8-10,12H,2-7,11,13-14H2,1H3. The SMILES string of the molecule is CCCCCCCCC(CBr)(CBr)c1cccc(F)c1. The first-order valence-electron chi connectivity index (χ1n) is 7.56. The Bertz CT molecular complexity index is 375. The van der Waals surface area contributed by atoms with E-state index in [0.717, 1.165) is 22.6 Å². The third kappa shape index (κ3) is 5.48. The third-order valence-electron chi connectivity index (χ3n) is 3.96. The van der Waals surface area contributed by atoms with E-state index in [4.69, 9.17) is 0 Å². The van der Waals surface area contributed by atoms with Crippen LogP contribution in [0.4, 0.5) is 4.39 Å². The van der Waals surface area contributed by atoms with Crippen LogP contribution in [-0.2, 0) is 5.41 Å². The minimum absolute atomic E-state index is 0.00680. The predicted octanol–water partition coefficient (Wildman–Crippen LogP) is 6.60. The Morgan fingerprint density at radius 2 is 1.65 bits per heavy atom. The number of unbranched alkanes of at least 4 members (excludes halogenated alkanes) is 5. The van der Waals surface area contributed by atoms with Crippen LogP contribution in [0, 0.1) is 5.82 Å². The number of hydrogen-bond donors (Lipinski definition) is 0. The maximum absolute atomic E-state index is 13.5. The molecule has 0 fully saturated rings. The molecule has 0 aromatic heterocycles. The lowest BCUT2D eigenvalue weighted by Crippen LogP contribution is -2.30. The molecule has 0 nitrogen and oxygen atoms in total. The smallest absolute Gasteiger partial charge is 0.123 e. The molecule has 0 radical (unpaired) electrons. The number of halogens is 3. The van der Waals surface area contributed by atoms with E-state index in [1.165, 1.54) is 44.6 Å². The molecule has 0 amide bonds. The number of hydrogen-bond acceptors (Lipinski definition) is 0. The fraction of sp³-hybridized carbons (Fsp3) is 0.647. The predicted molar refractivity (Wildman–Crippen MR) is 93.7 cm³/mol. The summed E-state index contributed by atoms with van der Waals surface area (Å²) in [4.78, 5) is 0. The van der Waals surface area contributed by atoms with Crippen LogP contribution in [0.5, 0.6) is 0 Å². The number of rotatable bonds is 10. The Labute approximate surface area is 139 Å². The molecule has 0 saturated heterocycles. The zero-order valence-corrected chi connectivity index (χ0v) is 15.5. The van der Waals surface area contributed by atoms with Gasteiger partial charge in [0.2, 0.25) is 0 Å². The van der Waals surface area contributed by atoms with Crippen molar-refractivity contribution in [2.45, 2.75) is 57.3 Å². The largest absolute Gasteiger partial charge is 0.207 e. The minimum Gasteiger partial charge on any atom is -0.207 e. The monoisotopic (exact) mass is 406 g/mol. The highest BCUT2D eigenvalue weighted by molar-refractivity contribution is 9.09. The van der Waals surface area contributed by atoms with Gasteiger partial charge in [0.05, 0.1) is 0 Å². The lowest BCUT2D eigenvalue weighted by atomic mass is 9.80. The van der Waals surface area contributed by atoms with E-state index in [1.807, 2.05) is 12.1 Å². The van der Waals surface area contributed by atoms with Gasteiger partial charge in [-0.1, -0.05) is 89.4 Å². The van der Waals surface area contributed by atoms with Crippen molar-refractivity contribution in [2.75, 3.05) is 10.7 Å². The van der Waals surface area contributed by atoms with Crippen LogP contribution in [0.3, 0.4) is 0 Å². The fourth-order valence-electron chi connectivity index (χ4n) is 2.53. The second-order valence-electron chi connectivity index (χ2n) is 5.58. The highest BCUT2D eigenvalue weighted by Crippen LogP contribution is 2.34. The zero-order valence-electron chi connectivity index (χ0n) is 12.3. The normalized spacial score (nSPS) is 11.8. The number of benzene rings is 1. The van der Waals surface area contributed by atoms with Crippen LogP contribution < -0.4 is 0 Å². The van der Waals surface area contributed by atoms with Crippen molar-refractivity contribution >= 4 is 31.9 Å². The molecule has 114 valence electrons. The van der Waals surface area contributed by atoms with Crippen molar-refractivity contribution in [2.24, 2.45) is 0 Å². The van der Waals surface area contributed by atoms with Crippen molar-refractivity contribution in [3.8, 4) is 0 Å². The summed E-state index contributed by atoms with van der Waals surface area (Å²) >= 11 is 7.27. The molecule has 0 heterocycles. The molecular formula is C17H25Br2F. The summed E-state index contributed by atoms with van der Waals surface area (Å²) in [5, 5.41) is 1.73. The van der Waals surface area contributed by atoms with Gasteiger partial charge in [0.1, 0.15) is 5.82 Å². The van der Waals surface area contributed by atoms with Crippen LogP contribution in [0.1, 0.15) is 57.4 Å². The van der Waals surface area contributed by atoms with Gasteiger partial charge in [-0.3, -0.25) is 0 Å². The summed E-state index contributed by atoms with van der Waals surface area (Å²) in [5.74, 6) is -0.142. The van der Waals surface area contributed by atoms with E-state index >= 15 is 0 Å². The first kappa shape index (κ1) is 18.2. The molecular weight excluding hydrogens is 383 g/mol. The Morgan fingerprint density at radius 1 is 1.00 bits per heavy atom. The maximum Gasteiger partial charge on any atom is 0.123 e. The first-order valence-corrected chi connectivity index (χ1v) is 9.81. The van der Waals surface area contributed by atoms with Crippen molar-refractivity contribution < 1.29 is 4.39 Å². The minimum atomic E-state index is -0.142. The van der Waals surface area contributed by atoms with Gasteiger partial charge in [0, 0.05) is 16.1 Å². The molecule has 0 spiro atoms. The summed E-state index contributed by atoms with van der Waals surface area (Å²) in [7, 11) is 0. The van der Waals surface area contributed by atoms with Gasteiger partial charge >= 0.3 is 0 Å². The maximum atomic E-state index is 13.5. The van der Waals surface area contributed by atoms with Gasteiger partial charge in [0.15, 0.2) is 0 Å². The molecule has 0 saturated carbocycles.